The van der Waals surface area contributed by atoms with Gasteiger partial charge in [-0.05, 0) is 12.1 Å². The Bertz CT molecular complexity index is 343. The Hall–Kier alpha value is -1.03. The van der Waals surface area contributed by atoms with Gasteiger partial charge in [0.2, 0.25) is 0 Å². The maximum atomic E-state index is 12.2. The van der Waals surface area contributed by atoms with Crippen LogP contribution in [0.2, 0.25) is 0 Å². The molecule has 0 saturated heterocycles. The van der Waals surface area contributed by atoms with Crippen LogP contribution in [0, 0.1) is 0 Å². The van der Waals surface area contributed by atoms with Crippen LogP contribution in [0.3, 0.4) is 0 Å². The largest absolute Gasteiger partial charge is 0.416 e. The molecule has 1 nitrogen and oxygen atoms in total. The number of alkyl halides is 4. The van der Waals surface area contributed by atoms with Gasteiger partial charge in [0.05, 0.1) is 5.56 Å². The molecule has 0 heterocycles. The van der Waals surface area contributed by atoms with Crippen molar-refractivity contribution < 1.29 is 18.0 Å². The zero-order valence-electron chi connectivity index (χ0n) is 7.64. The number of rotatable bonds is 3. The lowest BCUT2D eigenvalue weighted by Crippen LogP contribution is -2.06. The van der Waals surface area contributed by atoms with Gasteiger partial charge in [0.15, 0.2) is 5.78 Å². The maximum absolute atomic E-state index is 12.2. The van der Waals surface area contributed by atoms with Crippen LogP contribution in [0.4, 0.5) is 13.2 Å². The van der Waals surface area contributed by atoms with E-state index in [0.717, 1.165) is 24.3 Å². The van der Waals surface area contributed by atoms with Crippen LogP contribution in [0.25, 0.3) is 0 Å². The predicted octanol–water partition coefficient (Wildman–Crippen LogP) is 3.52. The van der Waals surface area contributed by atoms with Gasteiger partial charge in [-0.25, -0.2) is 0 Å². The van der Waals surface area contributed by atoms with Gasteiger partial charge in [0, 0.05) is 17.9 Å². The third-order valence-electron chi connectivity index (χ3n) is 1.86. The number of carbonyl (C=O) groups is 1. The summed E-state index contributed by atoms with van der Waals surface area (Å²) in [5, 5.41) is 0. The lowest BCUT2D eigenvalue weighted by atomic mass is 10.1. The first-order valence-electron chi connectivity index (χ1n) is 4.21. The van der Waals surface area contributed by atoms with E-state index >= 15 is 0 Å². The molecule has 0 spiro atoms. The van der Waals surface area contributed by atoms with Crippen molar-refractivity contribution in [3.05, 3.63) is 35.4 Å². The zero-order chi connectivity index (χ0) is 11.5. The lowest BCUT2D eigenvalue weighted by molar-refractivity contribution is -0.137. The molecule has 0 bridgehead atoms. The standard InChI is InChI=1S/C10H8ClF3O/c11-6-5-9(15)7-1-3-8(4-2-7)10(12,13)14/h1-4H,5-6H2. The van der Waals surface area contributed by atoms with Crippen molar-refractivity contribution in [3.63, 3.8) is 0 Å². The molecule has 0 N–H and O–H groups in total. The molecule has 0 radical (unpaired) electrons. The molecule has 0 unspecified atom stereocenters. The molecule has 15 heavy (non-hydrogen) atoms. The van der Waals surface area contributed by atoms with E-state index in [1.807, 2.05) is 0 Å². The van der Waals surface area contributed by atoms with E-state index in [9.17, 15) is 18.0 Å². The summed E-state index contributed by atoms with van der Waals surface area (Å²) in [5.74, 6) is -0.0847. The number of hydrogen-bond donors (Lipinski definition) is 0. The minimum atomic E-state index is -4.37. The Morgan fingerprint density at radius 2 is 1.73 bits per heavy atom. The molecular weight excluding hydrogens is 229 g/mol. The summed E-state index contributed by atoms with van der Waals surface area (Å²) in [4.78, 5) is 11.2. The van der Waals surface area contributed by atoms with E-state index in [2.05, 4.69) is 0 Å². The normalized spacial score (nSPS) is 11.5. The van der Waals surface area contributed by atoms with Gasteiger partial charge in [0.1, 0.15) is 0 Å². The van der Waals surface area contributed by atoms with Crippen LogP contribution in [-0.2, 0) is 6.18 Å². The number of carbonyl (C=O) groups excluding carboxylic acids is 1. The van der Waals surface area contributed by atoms with E-state index < -0.39 is 11.7 Å². The topological polar surface area (TPSA) is 17.1 Å². The summed E-state index contributed by atoms with van der Waals surface area (Å²) in [6, 6.07) is 4.11. The van der Waals surface area contributed by atoms with Gasteiger partial charge in [-0.1, -0.05) is 12.1 Å². The van der Waals surface area contributed by atoms with Gasteiger partial charge in [-0.3, -0.25) is 4.79 Å². The molecule has 1 aromatic rings. The van der Waals surface area contributed by atoms with Crippen molar-refractivity contribution in [2.75, 3.05) is 5.88 Å². The van der Waals surface area contributed by atoms with E-state index in [-0.39, 0.29) is 23.6 Å². The number of hydrogen-bond acceptors (Lipinski definition) is 1. The van der Waals surface area contributed by atoms with E-state index in [1.54, 1.807) is 0 Å². The van der Waals surface area contributed by atoms with Crippen LogP contribution < -0.4 is 0 Å². The average Bonchev–Trinajstić information content (AvgIpc) is 2.17. The molecule has 5 heteroatoms. The van der Waals surface area contributed by atoms with Gasteiger partial charge in [-0.15, -0.1) is 11.6 Å². The molecular formula is C10H8ClF3O. The number of Topliss-reactive ketones (excluding diaryl/α,β-unsaturated/α-hetero) is 1. The fraction of sp³-hybridized carbons (Fsp3) is 0.300. The maximum Gasteiger partial charge on any atom is 0.416 e. The quantitative estimate of drug-likeness (QED) is 0.580. The Morgan fingerprint density at radius 1 is 1.20 bits per heavy atom. The fourth-order valence-corrected chi connectivity index (χ4v) is 1.25. The number of ketones is 1. The molecule has 0 aliphatic carbocycles. The summed E-state index contributed by atoms with van der Waals surface area (Å²) in [5.41, 5.74) is -0.506. The van der Waals surface area contributed by atoms with Gasteiger partial charge in [0.25, 0.3) is 0 Å². The van der Waals surface area contributed by atoms with Crippen LogP contribution in [0.15, 0.2) is 24.3 Å². The van der Waals surface area contributed by atoms with Crippen LogP contribution in [-0.4, -0.2) is 11.7 Å². The third kappa shape index (κ3) is 3.23. The summed E-state index contributed by atoms with van der Waals surface area (Å²) in [6.07, 6.45) is -4.24. The fourth-order valence-electron chi connectivity index (χ4n) is 1.08. The first-order chi connectivity index (χ1) is 6.95. The second-order valence-corrected chi connectivity index (χ2v) is 3.32. The van der Waals surface area contributed by atoms with Crippen LogP contribution in [0.5, 0.6) is 0 Å². The smallest absolute Gasteiger partial charge is 0.294 e. The molecule has 0 atom stereocenters. The van der Waals surface area contributed by atoms with E-state index in [0.29, 0.717) is 0 Å². The number of halogens is 4. The van der Waals surface area contributed by atoms with Crippen molar-refractivity contribution in [3.8, 4) is 0 Å². The van der Waals surface area contributed by atoms with Gasteiger partial charge in [-0.2, -0.15) is 13.2 Å². The molecule has 1 rings (SSSR count). The van der Waals surface area contributed by atoms with Crippen molar-refractivity contribution in [1.82, 2.24) is 0 Å². The Labute approximate surface area is 89.9 Å². The molecule has 0 aromatic heterocycles. The Morgan fingerprint density at radius 3 is 2.13 bits per heavy atom. The van der Waals surface area contributed by atoms with Gasteiger partial charge < -0.3 is 0 Å². The zero-order valence-corrected chi connectivity index (χ0v) is 8.40. The highest BCUT2D eigenvalue weighted by molar-refractivity contribution is 6.19. The molecule has 0 aliphatic rings. The predicted molar refractivity (Wildman–Crippen MR) is 51.1 cm³/mol. The Balaban J connectivity index is 2.86. The van der Waals surface area contributed by atoms with Crippen molar-refractivity contribution in [2.45, 2.75) is 12.6 Å². The highest BCUT2D eigenvalue weighted by atomic mass is 35.5. The molecule has 0 saturated carbocycles. The first-order valence-corrected chi connectivity index (χ1v) is 4.75. The molecule has 82 valence electrons. The minimum Gasteiger partial charge on any atom is -0.294 e. The van der Waals surface area contributed by atoms with Crippen molar-refractivity contribution in [1.29, 1.82) is 0 Å². The molecule has 0 fully saturated rings. The van der Waals surface area contributed by atoms with Crippen LogP contribution >= 0.6 is 11.6 Å². The second-order valence-electron chi connectivity index (χ2n) is 2.94. The van der Waals surface area contributed by atoms with Crippen molar-refractivity contribution in [2.24, 2.45) is 0 Å². The summed E-state index contributed by atoms with van der Waals surface area (Å²) >= 11 is 5.35. The minimum absolute atomic E-state index is 0.132. The number of benzene rings is 1. The third-order valence-corrected chi connectivity index (χ3v) is 2.04. The summed E-state index contributed by atoms with van der Waals surface area (Å²) < 4.78 is 36.5. The molecule has 0 aliphatic heterocycles. The highest BCUT2D eigenvalue weighted by Gasteiger charge is 2.30. The SMILES string of the molecule is O=C(CCCl)c1ccc(C(F)(F)F)cc1. The van der Waals surface area contributed by atoms with E-state index in [4.69, 9.17) is 11.6 Å². The highest BCUT2D eigenvalue weighted by Crippen LogP contribution is 2.29. The lowest BCUT2D eigenvalue weighted by Gasteiger charge is -2.06. The Kier molecular flexibility index (Phi) is 3.74. The molecule has 0 amide bonds. The average molecular weight is 237 g/mol. The second kappa shape index (κ2) is 4.66. The first kappa shape index (κ1) is 12.0. The van der Waals surface area contributed by atoms with E-state index in [1.165, 1.54) is 0 Å². The molecule has 1 aromatic carbocycles. The monoisotopic (exact) mass is 236 g/mol. The van der Waals surface area contributed by atoms with Crippen molar-refractivity contribution >= 4 is 17.4 Å². The summed E-state index contributed by atoms with van der Waals surface area (Å²) in [7, 11) is 0. The van der Waals surface area contributed by atoms with Gasteiger partial charge >= 0.3 is 6.18 Å². The summed E-state index contributed by atoms with van der Waals surface area (Å²) in [6.45, 7) is 0. The van der Waals surface area contributed by atoms with Crippen LogP contribution in [0.1, 0.15) is 22.3 Å².